The molecule has 1 aromatic rings. The predicted octanol–water partition coefficient (Wildman–Crippen LogP) is 3.34. The van der Waals surface area contributed by atoms with Gasteiger partial charge in [0.05, 0.1) is 11.7 Å². The van der Waals surface area contributed by atoms with Crippen LogP contribution >= 0.6 is 0 Å². The molecule has 16 heavy (non-hydrogen) atoms. The molecule has 1 rings (SSSR count). The van der Waals surface area contributed by atoms with E-state index in [1.807, 2.05) is 6.92 Å². The summed E-state index contributed by atoms with van der Waals surface area (Å²) in [5, 5.41) is 8.73. The number of aromatic carboxylic acids is 1. The summed E-state index contributed by atoms with van der Waals surface area (Å²) >= 11 is 0. The first-order valence-electron chi connectivity index (χ1n) is 5.63. The highest BCUT2D eigenvalue weighted by Crippen LogP contribution is 2.15. The molecule has 0 aliphatic carbocycles. The van der Waals surface area contributed by atoms with Crippen molar-refractivity contribution >= 4 is 5.97 Å². The number of carbonyl (C=O) groups is 1. The van der Waals surface area contributed by atoms with Crippen LogP contribution in [0.5, 0.6) is 5.75 Å². The molecule has 0 aliphatic heterocycles. The Morgan fingerprint density at radius 2 is 2.00 bits per heavy atom. The summed E-state index contributed by atoms with van der Waals surface area (Å²) in [4.78, 5) is 10.6. The van der Waals surface area contributed by atoms with Crippen LogP contribution in [0.4, 0.5) is 0 Å². The van der Waals surface area contributed by atoms with Crippen molar-refractivity contribution in [3.8, 4) is 5.75 Å². The lowest BCUT2D eigenvalue weighted by Gasteiger charge is -2.14. The molecule has 0 radical (unpaired) electrons. The molecule has 3 heteroatoms. The van der Waals surface area contributed by atoms with Crippen LogP contribution in [-0.4, -0.2) is 17.2 Å². The van der Waals surface area contributed by atoms with Gasteiger partial charge in [0.25, 0.3) is 0 Å². The molecular formula is C13H18O3. The third kappa shape index (κ3) is 3.93. The Morgan fingerprint density at radius 3 is 2.50 bits per heavy atom. The number of carboxylic acids is 1. The molecule has 0 aromatic heterocycles. The van der Waals surface area contributed by atoms with Crippen molar-refractivity contribution in [2.45, 2.75) is 39.2 Å². The van der Waals surface area contributed by atoms with Crippen molar-refractivity contribution < 1.29 is 14.6 Å². The molecule has 0 fully saturated rings. The van der Waals surface area contributed by atoms with Crippen LogP contribution in [-0.2, 0) is 0 Å². The van der Waals surface area contributed by atoms with Gasteiger partial charge in [0.1, 0.15) is 5.75 Å². The summed E-state index contributed by atoms with van der Waals surface area (Å²) in [6.45, 7) is 4.18. The van der Waals surface area contributed by atoms with E-state index in [4.69, 9.17) is 9.84 Å². The number of hydrogen-bond acceptors (Lipinski definition) is 2. The quantitative estimate of drug-likeness (QED) is 0.802. The minimum absolute atomic E-state index is 0.177. The first-order valence-corrected chi connectivity index (χ1v) is 5.63. The minimum atomic E-state index is -0.911. The summed E-state index contributed by atoms with van der Waals surface area (Å²) < 4.78 is 5.66. The highest BCUT2D eigenvalue weighted by atomic mass is 16.5. The molecule has 1 atom stereocenters. The topological polar surface area (TPSA) is 46.5 Å². The normalized spacial score (nSPS) is 12.1. The zero-order valence-electron chi connectivity index (χ0n) is 9.77. The molecule has 0 aliphatic rings. The molecule has 88 valence electrons. The van der Waals surface area contributed by atoms with Crippen LogP contribution in [0.15, 0.2) is 24.3 Å². The zero-order valence-corrected chi connectivity index (χ0v) is 9.77. The van der Waals surface area contributed by atoms with Gasteiger partial charge >= 0.3 is 5.97 Å². The minimum Gasteiger partial charge on any atom is -0.491 e. The van der Waals surface area contributed by atoms with E-state index in [-0.39, 0.29) is 11.7 Å². The van der Waals surface area contributed by atoms with Gasteiger partial charge in [0.15, 0.2) is 0 Å². The van der Waals surface area contributed by atoms with Gasteiger partial charge in [-0.2, -0.15) is 0 Å². The maximum absolute atomic E-state index is 10.6. The first-order chi connectivity index (χ1) is 7.63. The maximum Gasteiger partial charge on any atom is 0.335 e. The number of benzene rings is 1. The van der Waals surface area contributed by atoms with Crippen molar-refractivity contribution in [2.24, 2.45) is 0 Å². The molecule has 0 amide bonds. The summed E-state index contributed by atoms with van der Waals surface area (Å²) in [5.74, 6) is -0.181. The van der Waals surface area contributed by atoms with Crippen molar-refractivity contribution in [2.75, 3.05) is 0 Å². The lowest BCUT2D eigenvalue weighted by molar-refractivity contribution is 0.0697. The Kier molecular flexibility index (Phi) is 4.83. The van der Waals surface area contributed by atoms with E-state index in [0.29, 0.717) is 0 Å². The van der Waals surface area contributed by atoms with E-state index in [1.54, 1.807) is 24.3 Å². The van der Waals surface area contributed by atoms with E-state index in [0.717, 1.165) is 25.0 Å². The SMILES string of the molecule is CCCCC(C)Oc1ccc(C(=O)O)cc1. The van der Waals surface area contributed by atoms with Crippen LogP contribution in [0.2, 0.25) is 0 Å². The number of ether oxygens (including phenoxy) is 1. The van der Waals surface area contributed by atoms with Crippen LogP contribution in [0.25, 0.3) is 0 Å². The average Bonchev–Trinajstić information content (AvgIpc) is 2.27. The third-order valence-electron chi connectivity index (χ3n) is 2.40. The van der Waals surface area contributed by atoms with E-state index < -0.39 is 5.97 Å². The molecule has 3 nitrogen and oxygen atoms in total. The second kappa shape index (κ2) is 6.16. The van der Waals surface area contributed by atoms with Gasteiger partial charge in [-0.3, -0.25) is 0 Å². The van der Waals surface area contributed by atoms with E-state index in [2.05, 4.69) is 6.92 Å². The van der Waals surface area contributed by atoms with Crippen molar-refractivity contribution in [3.63, 3.8) is 0 Å². The molecule has 0 spiro atoms. The Morgan fingerprint density at radius 1 is 1.38 bits per heavy atom. The molecule has 1 unspecified atom stereocenters. The van der Waals surface area contributed by atoms with Crippen LogP contribution in [0.1, 0.15) is 43.5 Å². The first kappa shape index (κ1) is 12.6. The van der Waals surface area contributed by atoms with Gasteiger partial charge in [0, 0.05) is 0 Å². The number of rotatable bonds is 6. The van der Waals surface area contributed by atoms with Crippen molar-refractivity contribution in [1.82, 2.24) is 0 Å². The number of unbranched alkanes of at least 4 members (excludes halogenated alkanes) is 1. The highest BCUT2D eigenvalue weighted by molar-refractivity contribution is 5.87. The van der Waals surface area contributed by atoms with Gasteiger partial charge in [-0.15, -0.1) is 0 Å². The van der Waals surface area contributed by atoms with Crippen LogP contribution in [0.3, 0.4) is 0 Å². The van der Waals surface area contributed by atoms with Gasteiger partial charge < -0.3 is 9.84 Å². The molecule has 0 heterocycles. The summed E-state index contributed by atoms with van der Waals surface area (Å²) in [5.41, 5.74) is 0.286. The van der Waals surface area contributed by atoms with Gasteiger partial charge in [0.2, 0.25) is 0 Å². The standard InChI is InChI=1S/C13H18O3/c1-3-4-5-10(2)16-12-8-6-11(7-9-12)13(14)15/h6-10H,3-5H2,1-2H3,(H,14,15). The third-order valence-corrected chi connectivity index (χ3v) is 2.40. The lowest BCUT2D eigenvalue weighted by Crippen LogP contribution is -2.11. The second-order valence-electron chi connectivity index (χ2n) is 3.90. The average molecular weight is 222 g/mol. The van der Waals surface area contributed by atoms with Gasteiger partial charge in [-0.25, -0.2) is 4.79 Å². The number of hydrogen-bond donors (Lipinski definition) is 1. The molecular weight excluding hydrogens is 204 g/mol. The predicted molar refractivity (Wildman–Crippen MR) is 63.0 cm³/mol. The fourth-order valence-corrected chi connectivity index (χ4v) is 1.46. The van der Waals surface area contributed by atoms with Crippen LogP contribution < -0.4 is 4.74 Å². The molecule has 0 saturated carbocycles. The molecule has 0 saturated heterocycles. The Hall–Kier alpha value is -1.51. The smallest absolute Gasteiger partial charge is 0.335 e. The summed E-state index contributed by atoms with van der Waals surface area (Å²) in [6.07, 6.45) is 3.51. The monoisotopic (exact) mass is 222 g/mol. The maximum atomic E-state index is 10.6. The van der Waals surface area contributed by atoms with Crippen LogP contribution in [0, 0.1) is 0 Å². The number of carboxylic acid groups (broad SMARTS) is 1. The Bertz CT molecular complexity index is 330. The molecule has 1 aromatic carbocycles. The van der Waals surface area contributed by atoms with Gasteiger partial charge in [-0.1, -0.05) is 19.8 Å². The molecule has 1 N–H and O–H groups in total. The zero-order chi connectivity index (χ0) is 12.0. The fourth-order valence-electron chi connectivity index (χ4n) is 1.46. The van der Waals surface area contributed by atoms with Crippen molar-refractivity contribution in [3.05, 3.63) is 29.8 Å². The van der Waals surface area contributed by atoms with Crippen molar-refractivity contribution in [1.29, 1.82) is 0 Å². The van der Waals surface area contributed by atoms with Gasteiger partial charge in [-0.05, 0) is 37.6 Å². The highest BCUT2D eigenvalue weighted by Gasteiger charge is 2.05. The van der Waals surface area contributed by atoms with E-state index in [9.17, 15) is 4.79 Å². The largest absolute Gasteiger partial charge is 0.491 e. The molecule has 0 bridgehead atoms. The van der Waals surface area contributed by atoms with E-state index >= 15 is 0 Å². The van der Waals surface area contributed by atoms with E-state index in [1.165, 1.54) is 0 Å². The summed E-state index contributed by atoms with van der Waals surface area (Å²) in [7, 11) is 0. The Balaban J connectivity index is 2.51. The second-order valence-corrected chi connectivity index (χ2v) is 3.90. The lowest BCUT2D eigenvalue weighted by atomic mass is 10.2. The Labute approximate surface area is 96.1 Å². The fraction of sp³-hybridized carbons (Fsp3) is 0.462. The summed E-state index contributed by atoms with van der Waals surface area (Å²) in [6, 6.07) is 6.52.